The number of hydrogen-bond donors (Lipinski definition) is 2. The van der Waals surface area contributed by atoms with Gasteiger partial charge in [-0.05, 0) is 37.5 Å². The highest BCUT2D eigenvalue weighted by atomic mass is 16.5. The van der Waals surface area contributed by atoms with Crippen molar-refractivity contribution in [3.63, 3.8) is 0 Å². The summed E-state index contributed by atoms with van der Waals surface area (Å²) in [6.45, 7) is 9.97. The van der Waals surface area contributed by atoms with E-state index >= 15 is 0 Å². The monoisotopic (exact) mass is 287 g/mol. The Morgan fingerprint density at radius 2 is 1.95 bits per heavy atom. The maximum absolute atomic E-state index is 10.9. The number of aliphatic hydroxyl groups is 1. The molecule has 0 fully saturated rings. The Kier molecular flexibility index (Phi) is 11.8. The summed E-state index contributed by atoms with van der Waals surface area (Å²) in [4.78, 5) is 10.9. The zero-order valence-corrected chi connectivity index (χ0v) is 13.7. The van der Waals surface area contributed by atoms with Crippen LogP contribution in [0.2, 0.25) is 0 Å². The Morgan fingerprint density at radius 3 is 2.50 bits per heavy atom. The lowest BCUT2D eigenvalue weighted by atomic mass is 9.85. The molecule has 20 heavy (non-hydrogen) atoms. The van der Waals surface area contributed by atoms with Crippen molar-refractivity contribution in [3.05, 3.63) is 0 Å². The van der Waals surface area contributed by atoms with Crippen LogP contribution in [0, 0.1) is 11.8 Å². The molecular weight excluding hydrogens is 254 g/mol. The lowest BCUT2D eigenvalue weighted by Gasteiger charge is -2.24. The fourth-order valence-electron chi connectivity index (χ4n) is 2.46. The van der Waals surface area contributed by atoms with Crippen LogP contribution in [0.25, 0.3) is 0 Å². The zero-order chi connectivity index (χ0) is 15.4. The van der Waals surface area contributed by atoms with E-state index in [0.717, 1.165) is 45.3 Å². The van der Waals surface area contributed by atoms with E-state index in [4.69, 9.17) is 4.74 Å². The molecule has 0 radical (unpaired) electrons. The average molecular weight is 287 g/mol. The normalized spacial score (nSPS) is 15.7. The fraction of sp³-hybridized carbons (Fsp3) is 0.938. The molecule has 3 atom stereocenters. The molecule has 0 saturated heterocycles. The summed E-state index contributed by atoms with van der Waals surface area (Å²) < 4.78 is 5.36. The number of nitrogens with one attached hydrogen (secondary N) is 1. The summed E-state index contributed by atoms with van der Waals surface area (Å²) in [6, 6.07) is 0. The van der Waals surface area contributed by atoms with Gasteiger partial charge in [0.1, 0.15) is 0 Å². The molecule has 120 valence electrons. The lowest BCUT2D eigenvalue weighted by Crippen LogP contribution is -2.25. The highest BCUT2D eigenvalue weighted by Gasteiger charge is 2.17. The summed E-state index contributed by atoms with van der Waals surface area (Å²) >= 11 is 0. The number of carbonyl (C=O) groups is 1. The van der Waals surface area contributed by atoms with Crippen molar-refractivity contribution in [2.45, 2.75) is 65.9 Å². The van der Waals surface area contributed by atoms with Gasteiger partial charge in [0.2, 0.25) is 5.91 Å². The van der Waals surface area contributed by atoms with Gasteiger partial charge >= 0.3 is 0 Å². The van der Waals surface area contributed by atoms with Crippen LogP contribution in [0.1, 0.15) is 59.8 Å². The van der Waals surface area contributed by atoms with Crippen LogP contribution in [0.4, 0.5) is 0 Å². The Balaban J connectivity index is 3.84. The minimum absolute atomic E-state index is 0.0380. The number of rotatable bonds is 12. The Morgan fingerprint density at radius 1 is 1.25 bits per heavy atom. The predicted molar refractivity (Wildman–Crippen MR) is 82.6 cm³/mol. The van der Waals surface area contributed by atoms with Gasteiger partial charge in [-0.1, -0.05) is 27.2 Å². The van der Waals surface area contributed by atoms with E-state index in [1.807, 2.05) is 0 Å². The molecule has 0 aliphatic carbocycles. The molecule has 0 spiro atoms. The molecular formula is C16H33NO3. The van der Waals surface area contributed by atoms with Crippen molar-refractivity contribution in [2.75, 3.05) is 19.8 Å². The summed E-state index contributed by atoms with van der Waals surface area (Å²) in [5.41, 5.74) is 0. The molecule has 0 bridgehead atoms. The first-order valence-electron chi connectivity index (χ1n) is 8.01. The molecule has 4 nitrogen and oxygen atoms in total. The quantitative estimate of drug-likeness (QED) is 0.543. The van der Waals surface area contributed by atoms with Crippen LogP contribution in [-0.2, 0) is 9.53 Å². The molecule has 2 N–H and O–H groups in total. The van der Waals surface area contributed by atoms with Gasteiger partial charge in [0.15, 0.2) is 0 Å². The van der Waals surface area contributed by atoms with E-state index in [9.17, 15) is 9.90 Å². The second kappa shape index (κ2) is 12.2. The van der Waals surface area contributed by atoms with Gasteiger partial charge in [-0.15, -0.1) is 0 Å². The Labute approximate surface area is 124 Å². The van der Waals surface area contributed by atoms with Crippen molar-refractivity contribution in [1.82, 2.24) is 5.32 Å². The number of ether oxygens (including phenoxy) is 1. The number of aliphatic hydroxyl groups excluding tert-OH is 1. The number of hydrogen-bond acceptors (Lipinski definition) is 3. The first-order valence-corrected chi connectivity index (χ1v) is 8.01. The average Bonchev–Trinajstić information content (AvgIpc) is 2.41. The Hall–Kier alpha value is -0.610. The molecule has 1 amide bonds. The van der Waals surface area contributed by atoms with Crippen LogP contribution in [-0.4, -0.2) is 36.9 Å². The van der Waals surface area contributed by atoms with Crippen molar-refractivity contribution < 1.29 is 14.6 Å². The molecule has 0 aliphatic heterocycles. The largest absolute Gasteiger partial charge is 0.391 e. The minimum atomic E-state index is -0.350. The van der Waals surface area contributed by atoms with Crippen molar-refractivity contribution in [1.29, 1.82) is 0 Å². The van der Waals surface area contributed by atoms with Crippen LogP contribution < -0.4 is 5.32 Å². The van der Waals surface area contributed by atoms with Gasteiger partial charge in [-0.3, -0.25) is 4.79 Å². The van der Waals surface area contributed by atoms with E-state index in [2.05, 4.69) is 26.1 Å². The molecule has 0 rings (SSSR count). The minimum Gasteiger partial charge on any atom is -0.391 e. The smallest absolute Gasteiger partial charge is 0.216 e. The van der Waals surface area contributed by atoms with E-state index in [0.29, 0.717) is 18.4 Å². The van der Waals surface area contributed by atoms with Crippen molar-refractivity contribution >= 4 is 5.91 Å². The van der Waals surface area contributed by atoms with Gasteiger partial charge < -0.3 is 15.2 Å². The molecule has 3 unspecified atom stereocenters. The lowest BCUT2D eigenvalue weighted by molar-refractivity contribution is -0.119. The third kappa shape index (κ3) is 10.2. The topological polar surface area (TPSA) is 58.6 Å². The molecule has 0 heterocycles. The van der Waals surface area contributed by atoms with Crippen LogP contribution in [0.5, 0.6) is 0 Å². The second-order valence-electron chi connectivity index (χ2n) is 5.72. The maximum atomic E-state index is 10.9. The summed E-state index contributed by atoms with van der Waals surface area (Å²) in [7, 11) is 0. The second-order valence-corrected chi connectivity index (χ2v) is 5.72. The van der Waals surface area contributed by atoms with E-state index < -0.39 is 0 Å². The maximum Gasteiger partial charge on any atom is 0.216 e. The standard InChI is InChI=1S/C16H33NO3/c1-5-11-20-12-16(19)8-7-13(3)15(6-2)9-10-17-14(4)18/h13,15-16,19H,5-12H2,1-4H3,(H,17,18). The van der Waals surface area contributed by atoms with Gasteiger partial charge in [0.05, 0.1) is 12.7 Å². The van der Waals surface area contributed by atoms with Crippen molar-refractivity contribution in [3.8, 4) is 0 Å². The van der Waals surface area contributed by atoms with Gasteiger partial charge in [0, 0.05) is 20.1 Å². The van der Waals surface area contributed by atoms with Gasteiger partial charge in [-0.2, -0.15) is 0 Å². The third-order valence-electron chi connectivity index (χ3n) is 3.83. The van der Waals surface area contributed by atoms with Gasteiger partial charge in [-0.25, -0.2) is 0 Å². The van der Waals surface area contributed by atoms with E-state index in [1.165, 1.54) is 0 Å². The summed E-state index contributed by atoms with van der Waals surface area (Å²) in [6.07, 6.45) is 4.57. The highest BCUT2D eigenvalue weighted by molar-refractivity contribution is 5.72. The number of carbonyl (C=O) groups excluding carboxylic acids is 1. The van der Waals surface area contributed by atoms with Crippen molar-refractivity contribution in [2.24, 2.45) is 11.8 Å². The first kappa shape index (κ1) is 19.4. The zero-order valence-electron chi connectivity index (χ0n) is 13.7. The molecule has 4 heteroatoms. The fourth-order valence-corrected chi connectivity index (χ4v) is 2.46. The predicted octanol–water partition coefficient (Wildman–Crippen LogP) is 2.74. The van der Waals surface area contributed by atoms with Crippen LogP contribution in [0.3, 0.4) is 0 Å². The highest BCUT2D eigenvalue weighted by Crippen LogP contribution is 2.24. The van der Waals surface area contributed by atoms with Crippen LogP contribution >= 0.6 is 0 Å². The molecule has 0 aromatic heterocycles. The molecule has 0 aromatic rings. The SMILES string of the molecule is CCCOCC(O)CCC(C)C(CC)CCNC(C)=O. The van der Waals surface area contributed by atoms with E-state index in [-0.39, 0.29) is 12.0 Å². The molecule has 0 saturated carbocycles. The summed E-state index contributed by atoms with van der Waals surface area (Å²) in [5, 5.41) is 12.7. The number of amides is 1. The van der Waals surface area contributed by atoms with Crippen LogP contribution in [0.15, 0.2) is 0 Å². The third-order valence-corrected chi connectivity index (χ3v) is 3.83. The van der Waals surface area contributed by atoms with Gasteiger partial charge in [0.25, 0.3) is 0 Å². The molecule has 0 aromatic carbocycles. The summed E-state index contributed by atoms with van der Waals surface area (Å²) in [5.74, 6) is 1.20. The first-order chi connectivity index (χ1) is 9.51. The van der Waals surface area contributed by atoms with E-state index in [1.54, 1.807) is 6.92 Å². The Bertz CT molecular complexity index is 246. The molecule has 0 aliphatic rings.